The van der Waals surface area contributed by atoms with Crippen LogP contribution in [0.4, 0.5) is 0 Å². The van der Waals surface area contributed by atoms with Crippen LogP contribution >= 0.6 is 0 Å². The van der Waals surface area contributed by atoms with Crippen molar-refractivity contribution in [3.63, 3.8) is 0 Å². The van der Waals surface area contributed by atoms with Crippen LogP contribution in [0.1, 0.15) is 176 Å². The zero-order valence-electron chi connectivity index (χ0n) is 26.5. The summed E-state index contributed by atoms with van der Waals surface area (Å²) >= 11 is 0. The molecule has 0 saturated carbocycles. The van der Waals surface area contributed by atoms with Gasteiger partial charge in [-0.15, -0.1) is 0 Å². The number of carbonyl (C=O) groups excluding carboxylic acids is 2. The summed E-state index contributed by atoms with van der Waals surface area (Å²) in [6.45, 7) is 4.23. The van der Waals surface area contributed by atoms with Gasteiger partial charge < -0.3 is 9.47 Å². The highest BCUT2D eigenvalue weighted by atomic mass is 32.2. The van der Waals surface area contributed by atoms with Crippen LogP contribution in [0.25, 0.3) is 0 Å². The van der Waals surface area contributed by atoms with Crippen LogP contribution in [0.5, 0.6) is 0 Å². The zero-order valence-corrected chi connectivity index (χ0v) is 27.3. The van der Waals surface area contributed by atoms with Crippen molar-refractivity contribution in [1.82, 2.24) is 0 Å². The van der Waals surface area contributed by atoms with Gasteiger partial charge in [0.2, 0.25) is 5.44 Å². The SMILES string of the molecule is CCCCCCCCCCCCCCCCCCCCCCOC(=O)c1ccccc1C(=O)OC(CCC)S(=O)(=O)O. The second-order valence-corrected chi connectivity index (χ2v) is 13.1. The molecule has 1 unspecified atom stereocenters. The predicted molar refractivity (Wildman–Crippen MR) is 170 cm³/mol. The van der Waals surface area contributed by atoms with E-state index in [2.05, 4.69) is 6.92 Å². The van der Waals surface area contributed by atoms with Crippen LogP contribution in [0.2, 0.25) is 0 Å². The lowest BCUT2D eigenvalue weighted by molar-refractivity contribution is 0.0395. The topological polar surface area (TPSA) is 107 Å². The molecular weight excluding hydrogens is 552 g/mol. The van der Waals surface area contributed by atoms with Gasteiger partial charge in [-0.1, -0.05) is 154 Å². The normalized spacial score (nSPS) is 12.3. The van der Waals surface area contributed by atoms with E-state index in [1.165, 1.54) is 121 Å². The van der Waals surface area contributed by atoms with E-state index in [0.717, 1.165) is 19.3 Å². The first-order valence-corrected chi connectivity index (χ1v) is 18.2. The van der Waals surface area contributed by atoms with Gasteiger partial charge in [0.25, 0.3) is 0 Å². The standard InChI is InChI=1S/C34H58O7S/c1-3-5-6-7-8-9-10-11-12-13-14-15-16-17-18-19-20-21-22-25-29-40-33(35)30-27-23-24-28-31(30)34(36)41-32(26-4-2)42(37,38)39/h23-24,27-28,32H,3-22,25-26,29H2,1-2H3,(H,37,38,39). The highest BCUT2D eigenvalue weighted by Crippen LogP contribution is 2.18. The van der Waals surface area contributed by atoms with Crippen LogP contribution in [-0.4, -0.2) is 37.0 Å². The molecule has 0 aromatic heterocycles. The maximum absolute atomic E-state index is 12.6. The minimum absolute atomic E-state index is 0.0150. The summed E-state index contributed by atoms with van der Waals surface area (Å²) in [6, 6.07) is 5.97. The average Bonchev–Trinajstić information content (AvgIpc) is 2.97. The lowest BCUT2D eigenvalue weighted by Gasteiger charge is -2.15. The number of rotatable bonds is 27. The van der Waals surface area contributed by atoms with Crippen LogP contribution in [0.3, 0.4) is 0 Å². The van der Waals surface area contributed by atoms with Gasteiger partial charge in [0.15, 0.2) is 0 Å². The number of esters is 2. The Hall–Kier alpha value is -1.93. The van der Waals surface area contributed by atoms with Gasteiger partial charge in [-0.05, 0) is 18.6 Å². The predicted octanol–water partition coefficient (Wildman–Crippen LogP) is 9.84. The Kier molecular flexibility index (Phi) is 22.2. The van der Waals surface area contributed by atoms with Gasteiger partial charge in [0.05, 0.1) is 17.7 Å². The quantitative estimate of drug-likeness (QED) is 0.0600. The molecule has 0 aliphatic heterocycles. The van der Waals surface area contributed by atoms with Gasteiger partial charge >= 0.3 is 22.1 Å². The van der Waals surface area contributed by atoms with Crippen molar-refractivity contribution in [2.24, 2.45) is 0 Å². The highest BCUT2D eigenvalue weighted by Gasteiger charge is 2.29. The number of ether oxygens (including phenoxy) is 2. The van der Waals surface area contributed by atoms with Crippen LogP contribution in [-0.2, 0) is 19.6 Å². The zero-order chi connectivity index (χ0) is 30.9. The molecule has 42 heavy (non-hydrogen) atoms. The fourth-order valence-corrected chi connectivity index (χ4v) is 5.87. The van der Waals surface area contributed by atoms with Crippen molar-refractivity contribution in [3.05, 3.63) is 35.4 Å². The summed E-state index contributed by atoms with van der Waals surface area (Å²) in [4.78, 5) is 25.1. The third-order valence-corrected chi connectivity index (χ3v) is 8.69. The molecular formula is C34H58O7S. The number of unbranched alkanes of at least 4 members (excludes halogenated alkanes) is 19. The molecule has 7 nitrogen and oxygen atoms in total. The Morgan fingerprint density at radius 3 is 1.38 bits per heavy atom. The summed E-state index contributed by atoms with van der Waals surface area (Å²) in [5.41, 5.74) is -1.74. The molecule has 1 rings (SSSR count). The van der Waals surface area contributed by atoms with Crippen LogP contribution in [0, 0.1) is 0 Å². The number of carbonyl (C=O) groups is 2. The van der Waals surface area contributed by atoms with Crippen molar-refractivity contribution in [3.8, 4) is 0 Å². The largest absolute Gasteiger partial charge is 0.462 e. The molecule has 0 amide bonds. The third kappa shape index (κ3) is 18.6. The van der Waals surface area contributed by atoms with E-state index in [0.29, 0.717) is 6.42 Å². The number of hydrogen-bond acceptors (Lipinski definition) is 6. The first-order valence-electron chi connectivity index (χ1n) is 16.7. The number of hydrogen-bond donors (Lipinski definition) is 1. The van der Waals surface area contributed by atoms with Gasteiger partial charge in [0, 0.05) is 6.42 Å². The fourth-order valence-electron chi connectivity index (χ4n) is 5.13. The van der Waals surface area contributed by atoms with E-state index in [1.54, 1.807) is 19.1 Å². The molecule has 1 aromatic rings. The molecule has 8 heteroatoms. The van der Waals surface area contributed by atoms with Gasteiger partial charge in [-0.3, -0.25) is 4.55 Å². The van der Waals surface area contributed by atoms with Crippen molar-refractivity contribution < 1.29 is 32.0 Å². The van der Waals surface area contributed by atoms with Crippen LogP contribution < -0.4 is 0 Å². The maximum Gasteiger partial charge on any atom is 0.340 e. The Bertz CT molecular complexity index is 945. The molecule has 1 atom stereocenters. The molecule has 0 aliphatic carbocycles. The average molecular weight is 611 g/mol. The second-order valence-electron chi connectivity index (χ2n) is 11.5. The smallest absolute Gasteiger partial charge is 0.340 e. The first-order chi connectivity index (χ1) is 20.3. The van der Waals surface area contributed by atoms with Crippen molar-refractivity contribution in [1.29, 1.82) is 0 Å². The summed E-state index contributed by atoms with van der Waals surface area (Å²) < 4.78 is 42.7. The first kappa shape index (κ1) is 38.1. The Morgan fingerprint density at radius 2 is 1.00 bits per heavy atom. The van der Waals surface area contributed by atoms with E-state index in [-0.39, 0.29) is 24.2 Å². The fraction of sp³-hybridized carbons (Fsp3) is 0.765. The summed E-state index contributed by atoms with van der Waals surface area (Å²) in [6.07, 6.45) is 26.3. The molecule has 0 heterocycles. The minimum Gasteiger partial charge on any atom is -0.462 e. The number of benzene rings is 1. The van der Waals surface area contributed by atoms with Crippen molar-refractivity contribution in [2.45, 2.75) is 161 Å². The summed E-state index contributed by atoms with van der Waals surface area (Å²) in [5, 5.41) is 0. The van der Waals surface area contributed by atoms with E-state index < -0.39 is 27.5 Å². The third-order valence-electron chi connectivity index (χ3n) is 7.69. The summed E-state index contributed by atoms with van der Waals surface area (Å²) in [5.74, 6) is -1.64. The van der Waals surface area contributed by atoms with Gasteiger partial charge in [-0.25, -0.2) is 9.59 Å². The monoisotopic (exact) mass is 610 g/mol. The van der Waals surface area contributed by atoms with Crippen LogP contribution in [0.15, 0.2) is 24.3 Å². The van der Waals surface area contributed by atoms with Gasteiger partial charge in [-0.2, -0.15) is 8.42 Å². The minimum atomic E-state index is -4.56. The Balaban J connectivity index is 2.07. The summed E-state index contributed by atoms with van der Waals surface area (Å²) in [7, 11) is -4.56. The van der Waals surface area contributed by atoms with Gasteiger partial charge in [0.1, 0.15) is 0 Å². The molecule has 0 radical (unpaired) electrons. The van der Waals surface area contributed by atoms with E-state index >= 15 is 0 Å². The maximum atomic E-state index is 12.6. The molecule has 0 saturated heterocycles. The lowest BCUT2D eigenvalue weighted by atomic mass is 10.0. The Labute approximate surface area is 256 Å². The molecule has 0 fully saturated rings. The molecule has 242 valence electrons. The molecule has 0 spiro atoms. The van der Waals surface area contributed by atoms with E-state index in [4.69, 9.17) is 9.47 Å². The van der Waals surface area contributed by atoms with E-state index in [9.17, 15) is 22.6 Å². The second kappa shape index (κ2) is 24.5. The highest BCUT2D eigenvalue weighted by molar-refractivity contribution is 7.86. The molecule has 0 bridgehead atoms. The van der Waals surface area contributed by atoms with Crippen molar-refractivity contribution >= 4 is 22.1 Å². The van der Waals surface area contributed by atoms with Crippen molar-refractivity contribution in [2.75, 3.05) is 6.61 Å². The molecule has 1 aromatic carbocycles. The lowest BCUT2D eigenvalue weighted by Crippen LogP contribution is -2.27. The molecule has 1 N–H and O–H groups in total. The Morgan fingerprint density at radius 1 is 0.619 bits per heavy atom. The molecule has 0 aliphatic rings. The van der Waals surface area contributed by atoms with E-state index in [1.807, 2.05) is 0 Å².